The van der Waals surface area contributed by atoms with Crippen LogP contribution in [-0.2, 0) is 0 Å². The quantitative estimate of drug-likeness (QED) is 0.171. The summed E-state index contributed by atoms with van der Waals surface area (Å²) in [6.07, 6.45) is 11.7. The number of thiophene rings is 1. The Balaban J connectivity index is 1.02. The lowest BCUT2D eigenvalue weighted by molar-refractivity contribution is 1.19. The molecule has 1 aliphatic rings. The summed E-state index contributed by atoms with van der Waals surface area (Å²) >= 11 is 1.86. The van der Waals surface area contributed by atoms with Gasteiger partial charge in [-0.05, 0) is 119 Å². The summed E-state index contributed by atoms with van der Waals surface area (Å²) < 4.78 is 7.52. The third kappa shape index (κ3) is 5.23. The molecule has 0 N–H and O–H groups in total. The Morgan fingerprint density at radius 1 is 0.431 bits per heavy atom. The van der Waals surface area contributed by atoms with Gasteiger partial charge in [-0.1, -0.05) is 109 Å². The molecule has 0 spiro atoms. The minimum absolute atomic E-state index is 0.815. The minimum atomic E-state index is 0.815. The first-order chi connectivity index (χ1) is 28.7. The number of aromatic nitrogens is 3. The summed E-state index contributed by atoms with van der Waals surface area (Å²) in [6.45, 7) is 0. The summed E-state index contributed by atoms with van der Waals surface area (Å²) in [7, 11) is 0. The molecule has 7 aromatic carbocycles. The van der Waals surface area contributed by atoms with Gasteiger partial charge in [0.05, 0.1) is 22.1 Å². The topological polar surface area (TPSA) is 22.8 Å². The van der Waals surface area contributed by atoms with Crippen LogP contribution in [0.3, 0.4) is 0 Å². The Morgan fingerprint density at radius 3 is 1.79 bits per heavy atom. The second-order valence-corrected chi connectivity index (χ2v) is 16.2. The van der Waals surface area contributed by atoms with Crippen molar-refractivity contribution in [3.63, 3.8) is 0 Å². The van der Waals surface area contributed by atoms with Crippen molar-refractivity contribution >= 4 is 92.0 Å². The molecule has 0 radical (unpaired) electrons. The fourth-order valence-electron chi connectivity index (χ4n) is 9.15. The largest absolute Gasteiger partial charge is 0.309 e. The molecule has 0 saturated heterocycles. The summed E-state index contributed by atoms with van der Waals surface area (Å²) in [4.78, 5) is 4.48. The highest BCUT2D eigenvalue weighted by Gasteiger charge is 2.19. The van der Waals surface area contributed by atoms with Gasteiger partial charge in [0.15, 0.2) is 0 Å². The second kappa shape index (κ2) is 13.2. The van der Waals surface area contributed by atoms with Gasteiger partial charge < -0.3 is 9.13 Å². The highest BCUT2D eigenvalue weighted by Crippen LogP contribution is 2.41. The molecule has 0 aliphatic heterocycles. The Kier molecular flexibility index (Phi) is 7.47. The van der Waals surface area contributed by atoms with Crippen LogP contribution in [0.1, 0.15) is 17.5 Å². The highest BCUT2D eigenvalue weighted by atomic mass is 32.1. The van der Waals surface area contributed by atoms with Crippen LogP contribution in [0.15, 0.2) is 200 Å². The number of allylic oxidation sites excluding steroid dienone is 6. The zero-order valence-electron chi connectivity index (χ0n) is 31.5. The summed E-state index contributed by atoms with van der Waals surface area (Å²) in [5.74, 6) is 0. The van der Waals surface area contributed by atoms with E-state index in [1.54, 1.807) is 0 Å². The molecule has 1 aliphatic carbocycles. The second-order valence-electron chi connectivity index (χ2n) is 15.2. The van der Waals surface area contributed by atoms with E-state index in [0.29, 0.717) is 0 Å². The number of hydrogen-bond acceptors (Lipinski definition) is 2. The first kappa shape index (κ1) is 32.9. The average molecular weight is 758 g/mol. The maximum absolute atomic E-state index is 4.48. The van der Waals surface area contributed by atoms with Crippen LogP contribution in [0.25, 0.3) is 97.4 Å². The maximum atomic E-state index is 4.48. The Labute approximate surface area is 339 Å². The van der Waals surface area contributed by atoms with Crippen molar-refractivity contribution in [2.75, 3.05) is 0 Å². The van der Waals surface area contributed by atoms with Crippen molar-refractivity contribution in [1.29, 1.82) is 0 Å². The maximum Gasteiger partial charge on any atom is 0.0541 e. The fraction of sp³-hybridized carbons (Fsp3) is 0.0185. The summed E-state index contributed by atoms with van der Waals surface area (Å²) in [6, 6.07) is 62.2. The molecule has 0 unspecified atom stereocenters. The molecule has 3 nitrogen and oxygen atoms in total. The van der Waals surface area contributed by atoms with E-state index in [-0.39, 0.29) is 0 Å². The van der Waals surface area contributed by atoms with Gasteiger partial charge in [-0.3, -0.25) is 4.98 Å². The van der Waals surface area contributed by atoms with Crippen LogP contribution in [0.4, 0.5) is 0 Å². The predicted molar refractivity (Wildman–Crippen MR) is 248 cm³/mol. The molecule has 12 rings (SSSR count). The van der Waals surface area contributed by atoms with E-state index in [1.165, 1.54) is 97.3 Å². The van der Waals surface area contributed by atoms with Gasteiger partial charge in [-0.25, -0.2) is 0 Å². The molecule has 0 bridgehead atoms. The van der Waals surface area contributed by atoms with Gasteiger partial charge in [0.2, 0.25) is 0 Å². The lowest BCUT2D eigenvalue weighted by Gasteiger charge is -2.12. The van der Waals surface area contributed by atoms with Crippen LogP contribution >= 0.6 is 11.3 Å². The number of nitrogens with zero attached hydrogens (tertiary/aromatic N) is 3. The number of fused-ring (bicyclic) bond motifs is 9. The first-order valence-electron chi connectivity index (χ1n) is 19.8. The predicted octanol–water partition coefficient (Wildman–Crippen LogP) is 14.7. The van der Waals surface area contributed by atoms with Crippen LogP contribution in [0.5, 0.6) is 0 Å². The monoisotopic (exact) mass is 757 g/mol. The molecule has 0 atom stereocenters. The molecule has 0 fully saturated rings. The zero-order chi connectivity index (χ0) is 38.2. The molecule has 58 heavy (non-hydrogen) atoms. The lowest BCUT2D eigenvalue weighted by atomic mass is 10.0. The SMILES string of the molecule is C1=C(c2ccccc2)C=C(n2c3ccccc3c3cc(-c4ccc5c(c4)c4ccccc4n5-c4ccc5sc6ccccc6c5c4)ccc32)C=C(c2cccnc2)C1. The number of hydrogen-bond donors (Lipinski definition) is 0. The Morgan fingerprint density at radius 2 is 1.05 bits per heavy atom. The van der Waals surface area contributed by atoms with E-state index in [1.807, 2.05) is 29.8 Å². The number of para-hydroxylation sites is 2. The van der Waals surface area contributed by atoms with Crippen molar-refractivity contribution < 1.29 is 0 Å². The summed E-state index contributed by atoms with van der Waals surface area (Å²) in [5, 5.41) is 7.61. The zero-order valence-corrected chi connectivity index (χ0v) is 32.3. The number of rotatable bonds is 5. The van der Waals surface area contributed by atoms with Gasteiger partial charge in [-0.2, -0.15) is 0 Å². The average Bonchev–Trinajstić information content (AvgIpc) is 3.87. The molecule has 0 saturated carbocycles. The smallest absolute Gasteiger partial charge is 0.0541 e. The molecule has 0 amide bonds. The van der Waals surface area contributed by atoms with Gasteiger partial charge in [0, 0.05) is 65.5 Å². The van der Waals surface area contributed by atoms with Crippen LogP contribution < -0.4 is 0 Å². The van der Waals surface area contributed by atoms with Crippen LogP contribution in [0.2, 0.25) is 0 Å². The van der Waals surface area contributed by atoms with Gasteiger partial charge in [0.25, 0.3) is 0 Å². The lowest BCUT2D eigenvalue weighted by Crippen LogP contribution is -1.96. The molecule has 11 aromatic rings. The van der Waals surface area contributed by atoms with E-state index in [0.717, 1.165) is 17.7 Å². The third-order valence-electron chi connectivity index (χ3n) is 11.9. The Bertz CT molecular complexity index is 3520. The number of pyridine rings is 1. The highest BCUT2D eigenvalue weighted by molar-refractivity contribution is 7.25. The molecular weight excluding hydrogens is 723 g/mol. The molecule has 4 heterocycles. The van der Waals surface area contributed by atoms with E-state index in [4.69, 9.17) is 0 Å². The summed E-state index contributed by atoms with van der Waals surface area (Å²) in [5.41, 5.74) is 14.3. The van der Waals surface area contributed by atoms with Crippen molar-refractivity contribution in [3.05, 3.63) is 212 Å². The van der Waals surface area contributed by atoms with Crippen LogP contribution in [-0.4, -0.2) is 14.1 Å². The van der Waals surface area contributed by atoms with E-state index < -0.39 is 0 Å². The molecule has 4 aromatic heterocycles. The van der Waals surface area contributed by atoms with Crippen LogP contribution in [0, 0.1) is 0 Å². The van der Waals surface area contributed by atoms with Crippen molar-refractivity contribution in [1.82, 2.24) is 14.1 Å². The third-order valence-corrected chi connectivity index (χ3v) is 13.0. The van der Waals surface area contributed by atoms with Gasteiger partial charge in [0.1, 0.15) is 0 Å². The van der Waals surface area contributed by atoms with Crippen molar-refractivity contribution in [2.24, 2.45) is 0 Å². The van der Waals surface area contributed by atoms with Crippen molar-refractivity contribution in [2.45, 2.75) is 6.42 Å². The standard InChI is InChI=1S/C54H35N3S/c1-2-11-35(12-3-1)36-20-21-37(40-13-10-28-55-34-40)30-42(29-36)57-50-18-8-5-15-44(50)47-32-39(23-26-52(47)57)38-22-25-51-46(31-38)43-14-4-7-17-49(43)56(51)41-24-27-54-48(33-41)45-16-6-9-19-53(45)58-54/h1-20,22-34H,21H2. The normalized spacial score (nSPS) is 13.4. The van der Waals surface area contributed by atoms with E-state index in [9.17, 15) is 0 Å². The van der Waals surface area contributed by atoms with Gasteiger partial charge >= 0.3 is 0 Å². The number of benzene rings is 7. The first-order valence-corrected chi connectivity index (χ1v) is 20.6. The van der Waals surface area contributed by atoms with Crippen molar-refractivity contribution in [3.8, 4) is 16.8 Å². The van der Waals surface area contributed by atoms with E-state index in [2.05, 4.69) is 196 Å². The van der Waals surface area contributed by atoms with E-state index >= 15 is 0 Å². The molecule has 272 valence electrons. The van der Waals surface area contributed by atoms with Gasteiger partial charge in [-0.15, -0.1) is 11.3 Å². The Hall–Kier alpha value is -7.27. The molecular formula is C54H35N3S. The minimum Gasteiger partial charge on any atom is -0.309 e. The fourth-order valence-corrected chi connectivity index (χ4v) is 10.2. The molecule has 4 heteroatoms.